The van der Waals surface area contributed by atoms with Crippen LogP contribution in [-0.4, -0.2) is 0 Å². The second-order valence-corrected chi connectivity index (χ2v) is 7.86. The monoisotopic (exact) mass is 360 g/mol. The van der Waals surface area contributed by atoms with Gasteiger partial charge in [-0.1, -0.05) is 88.2 Å². The molecule has 0 aliphatic heterocycles. The van der Waals surface area contributed by atoms with Gasteiger partial charge in [0.25, 0.3) is 0 Å². The number of benzene rings is 1. The maximum Gasteiger partial charge on any atom is 0.0249 e. The Bertz CT molecular complexity index is 661. The maximum absolute atomic E-state index is 3.44. The quantitative estimate of drug-likeness (QED) is 0.353. The summed E-state index contributed by atoms with van der Waals surface area (Å²) in [6, 6.07) is 8.48. The van der Waals surface area contributed by atoms with Crippen LogP contribution in [0.4, 0.5) is 0 Å². The summed E-state index contributed by atoms with van der Waals surface area (Å²) in [5, 5.41) is 0. The lowest BCUT2D eigenvalue weighted by Gasteiger charge is -2.25. The molecule has 0 spiro atoms. The number of unbranched alkanes of at least 4 members (excludes halogenated alkanes) is 4. The standard InChI is InChI=1S/C27H36/c1-3-5-6-7-10-13-26-20-22-27(23-21-26)15-12-9-8-11-14-25-18-16-24(4-2)17-19-25/h8-9,16-19,26-27H,3-7,10,13,20-23H2,1-2H3. The zero-order chi connectivity index (χ0) is 19.2. The molecule has 1 aromatic rings. The van der Waals surface area contributed by atoms with E-state index in [1.807, 2.05) is 12.2 Å². The molecule has 0 radical (unpaired) electrons. The fourth-order valence-electron chi connectivity index (χ4n) is 3.83. The fourth-order valence-corrected chi connectivity index (χ4v) is 3.83. The van der Waals surface area contributed by atoms with Crippen LogP contribution in [0.15, 0.2) is 36.4 Å². The lowest BCUT2D eigenvalue weighted by atomic mass is 9.80. The Balaban J connectivity index is 1.64. The van der Waals surface area contributed by atoms with Crippen LogP contribution in [0.3, 0.4) is 0 Å². The van der Waals surface area contributed by atoms with Gasteiger partial charge in [0.05, 0.1) is 0 Å². The average Bonchev–Trinajstić information content (AvgIpc) is 2.72. The summed E-state index contributed by atoms with van der Waals surface area (Å²) < 4.78 is 0. The molecule has 0 amide bonds. The van der Waals surface area contributed by atoms with Crippen LogP contribution in [0.2, 0.25) is 0 Å². The molecule has 0 heteroatoms. The molecule has 0 atom stereocenters. The van der Waals surface area contributed by atoms with Gasteiger partial charge in [0, 0.05) is 11.5 Å². The van der Waals surface area contributed by atoms with Crippen molar-refractivity contribution in [1.82, 2.24) is 0 Å². The first-order chi connectivity index (χ1) is 13.3. The molecule has 0 aromatic heterocycles. The van der Waals surface area contributed by atoms with E-state index in [2.05, 4.69) is 61.8 Å². The van der Waals surface area contributed by atoms with Crippen molar-refractivity contribution in [1.29, 1.82) is 0 Å². The van der Waals surface area contributed by atoms with Crippen molar-refractivity contribution in [3.05, 3.63) is 47.5 Å². The van der Waals surface area contributed by atoms with Gasteiger partial charge in [0.15, 0.2) is 0 Å². The lowest BCUT2D eigenvalue weighted by Crippen LogP contribution is -2.13. The number of hydrogen-bond donors (Lipinski definition) is 0. The second-order valence-electron chi connectivity index (χ2n) is 7.86. The van der Waals surface area contributed by atoms with E-state index in [9.17, 15) is 0 Å². The van der Waals surface area contributed by atoms with E-state index in [0.717, 1.165) is 17.9 Å². The summed E-state index contributed by atoms with van der Waals surface area (Å²) in [5.74, 6) is 14.5. The summed E-state index contributed by atoms with van der Waals surface area (Å²) in [6.45, 7) is 4.46. The topological polar surface area (TPSA) is 0 Å². The van der Waals surface area contributed by atoms with E-state index in [4.69, 9.17) is 0 Å². The smallest absolute Gasteiger partial charge is 0.0249 e. The Morgan fingerprint density at radius 3 is 2.26 bits per heavy atom. The third-order valence-electron chi connectivity index (χ3n) is 5.68. The van der Waals surface area contributed by atoms with Crippen molar-refractivity contribution in [2.75, 3.05) is 0 Å². The summed E-state index contributed by atoms with van der Waals surface area (Å²) in [4.78, 5) is 0. The predicted molar refractivity (Wildman–Crippen MR) is 118 cm³/mol. The van der Waals surface area contributed by atoms with Crippen LogP contribution < -0.4 is 0 Å². The van der Waals surface area contributed by atoms with Gasteiger partial charge in [0.2, 0.25) is 0 Å². The third kappa shape index (κ3) is 9.02. The van der Waals surface area contributed by atoms with Crippen LogP contribution in [0.5, 0.6) is 0 Å². The minimum atomic E-state index is 0.598. The SMILES string of the molecule is CCCCCCCC1CCC(C#CC=CC#Cc2ccc(CC)cc2)CC1. The molecule has 0 nitrogen and oxygen atoms in total. The number of rotatable bonds is 7. The van der Waals surface area contributed by atoms with E-state index >= 15 is 0 Å². The normalized spacial score (nSPS) is 19.2. The van der Waals surface area contributed by atoms with Gasteiger partial charge in [-0.3, -0.25) is 0 Å². The average molecular weight is 361 g/mol. The maximum atomic E-state index is 3.44. The minimum absolute atomic E-state index is 0.598. The molecule has 0 unspecified atom stereocenters. The summed E-state index contributed by atoms with van der Waals surface area (Å²) in [5.41, 5.74) is 2.42. The molecule has 2 rings (SSSR count). The van der Waals surface area contributed by atoms with Gasteiger partial charge in [-0.15, -0.1) is 0 Å². The summed E-state index contributed by atoms with van der Waals surface area (Å²) >= 11 is 0. The second kappa shape index (κ2) is 13.3. The first-order valence-corrected chi connectivity index (χ1v) is 11.1. The van der Waals surface area contributed by atoms with E-state index in [1.54, 1.807) is 0 Å². The van der Waals surface area contributed by atoms with Gasteiger partial charge < -0.3 is 0 Å². The molecule has 0 saturated heterocycles. The number of aryl methyl sites for hydroxylation is 1. The molecule has 0 bridgehead atoms. The zero-order valence-corrected chi connectivity index (χ0v) is 17.4. The summed E-state index contributed by atoms with van der Waals surface area (Å²) in [7, 11) is 0. The molecule has 144 valence electrons. The van der Waals surface area contributed by atoms with Crippen molar-refractivity contribution in [2.24, 2.45) is 11.8 Å². The highest BCUT2D eigenvalue weighted by Crippen LogP contribution is 2.31. The van der Waals surface area contributed by atoms with E-state index in [1.165, 1.54) is 69.8 Å². The Kier molecular flexibility index (Phi) is 10.5. The molecule has 1 aliphatic carbocycles. The number of hydrogen-bond acceptors (Lipinski definition) is 0. The molecule has 1 saturated carbocycles. The van der Waals surface area contributed by atoms with Crippen LogP contribution in [0.25, 0.3) is 0 Å². The largest absolute Gasteiger partial charge is 0.0951 e. The van der Waals surface area contributed by atoms with E-state index in [-0.39, 0.29) is 0 Å². The van der Waals surface area contributed by atoms with Gasteiger partial charge in [-0.25, -0.2) is 0 Å². The Morgan fingerprint density at radius 2 is 1.56 bits per heavy atom. The van der Waals surface area contributed by atoms with Gasteiger partial charge in [-0.2, -0.15) is 0 Å². The predicted octanol–water partition coefficient (Wildman–Crippen LogP) is 7.33. The van der Waals surface area contributed by atoms with Gasteiger partial charge in [0.1, 0.15) is 0 Å². The highest BCUT2D eigenvalue weighted by molar-refractivity contribution is 5.39. The minimum Gasteiger partial charge on any atom is -0.0951 e. The molecule has 1 fully saturated rings. The van der Waals surface area contributed by atoms with Crippen LogP contribution in [0, 0.1) is 35.5 Å². The number of allylic oxidation sites excluding steroid dienone is 2. The van der Waals surface area contributed by atoms with Crippen LogP contribution >= 0.6 is 0 Å². The van der Waals surface area contributed by atoms with Crippen molar-refractivity contribution >= 4 is 0 Å². The Morgan fingerprint density at radius 1 is 0.852 bits per heavy atom. The van der Waals surface area contributed by atoms with Gasteiger partial charge in [-0.05, 0) is 67.9 Å². The molecular formula is C27H36. The third-order valence-corrected chi connectivity index (χ3v) is 5.68. The van der Waals surface area contributed by atoms with Crippen LogP contribution in [-0.2, 0) is 6.42 Å². The molecular weight excluding hydrogens is 324 g/mol. The van der Waals surface area contributed by atoms with Gasteiger partial charge >= 0.3 is 0 Å². The first kappa shape index (κ1) is 21.4. The molecule has 0 N–H and O–H groups in total. The molecule has 1 aliphatic rings. The molecule has 27 heavy (non-hydrogen) atoms. The summed E-state index contributed by atoms with van der Waals surface area (Å²) in [6.07, 6.45) is 18.7. The zero-order valence-electron chi connectivity index (χ0n) is 17.4. The first-order valence-electron chi connectivity index (χ1n) is 11.1. The molecule has 0 heterocycles. The van der Waals surface area contributed by atoms with Crippen molar-refractivity contribution in [2.45, 2.75) is 84.5 Å². The fraction of sp³-hybridized carbons (Fsp3) is 0.556. The highest BCUT2D eigenvalue weighted by atomic mass is 14.2. The van der Waals surface area contributed by atoms with Crippen molar-refractivity contribution in [3.63, 3.8) is 0 Å². The Hall–Kier alpha value is -1.92. The molecule has 1 aromatic carbocycles. The highest BCUT2D eigenvalue weighted by Gasteiger charge is 2.19. The van der Waals surface area contributed by atoms with Crippen LogP contribution in [0.1, 0.15) is 89.2 Å². The van der Waals surface area contributed by atoms with Crippen molar-refractivity contribution < 1.29 is 0 Å². The van der Waals surface area contributed by atoms with E-state index in [0.29, 0.717) is 5.92 Å². The lowest BCUT2D eigenvalue weighted by molar-refractivity contribution is 0.294. The Labute approximate surface area is 167 Å². The van der Waals surface area contributed by atoms with Crippen molar-refractivity contribution in [3.8, 4) is 23.7 Å². The van der Waals surface area contributed by atoms with E-state index < -0.39 is 0 Å².